The van der Waals surface area contributed by atoms with Crippen LogP contribution in [0, 0.1) is 23.7 Å². The number of nitrogens with one attached hydrogen (secondary N) is 1. The Hall–Kier alpha value is -1.12. The molecular weight excluding hydrogens is 202 g/mol. The highest BCUT2D eigenvalue weighted by Gasteiger charge is 2.67. The maximum Gasteiger partial charge on any atom is 0.231 e. The summed E-state index contributed by atoms with van der Waals surface area (Å²) in [6, 6.07) is 0. The third-order valence-corrected chi connectivity index (χ3v) is 5.24. The van der Waals surface area contributed by atoms with Crippen molar-refractivity contribution >= 4 is 11.7 Å². The molecule has 4 bridgehead atoms. The Morgan fingerprint density at radius 2 is 2.06 bits per heavy atom. The minimum atomic E-state index is -0.322. The van der Waals surface area contributed by atoms with Crippen LogP contribution in [-0.2, 0) is 9.59 Å². The fourth-order valence-corrected chi connectivity index (χ4v) is 4.69. The second-order valence-electron chi connectivity index (χ2n) is 5.68. The highest BCUT2D eigenvalue weighted by Crippen LogP contribution is 2.58. The van der Waals surface area contributed by atoms with E-state index in [1.165, 1.54) is 0 Å². The molecule has 4 fully saturated rings. The largest absolute Gasteiger partial charge is 0.346 e. The SMILES string of the molecule is O=C1NC23C=CCCC2C2CCC3C1C2=O. The molecular formula is C13H15NO2. The number of hydrogen-bond donors (Lipinski definition) is 1. The molecule has 16 heavy (non-hydrogen) atoms. The van der Waals surface area contributed by atoms with Crippen LogP contribution in [0.5, 0.6) is 0 Å². The van der Waals surface area contributed by atoms with E-state index in [1.807, 2.05) is 0 Å². The van der Waals surface area contributed by atoms with Crippen LogP contribution in [0.1, 0.15) is 25.7 Å². The van der Waals surface area contributed by atoms with E-state index >= 15 is 0 Å². The number of hydrogen-bond acceptors (Lipinski definition) is 2. The molecule has 84 valence electrons. The normalized spacial score (nSPS) is 52.8. The zero-order valence-corrected chi connectivity index (χ0v) is 9.11. The number of carbonyl (C=O) groups is 2. The van der Waals surface area contributed by atoms with Crippen molar-refractivity contribution in [1.82, 2.24) is 5.32 Å². The lowest BCUT2D eigenvalue weighted by molar-refractivity contribution is -0.143. The number of allylic oxidation sites excluding steroid dienone is 1. The van der Waals surface area contributed by atoms with Crippen LogP contribution in [-0.4, -0.2) is 17.2 Å². The van der Waals surface area contributed by atoms with Gasteiger partial charge in [-0.2, -0.15) is 0 Å². The van der Waals surface area contributed by atoms with Gasteiger partial charge < -0.3 is 5.32 Å². The van der Waals surface area contributed by atoms with Crippen LogP contribution >= 0.6 is 0 Å². The van der Waals surface area contributed by atoms with Crippen molar-refractivity contribution in [3.05, 3.63) is 12.2 Å². The number of carbonyl (C=O) groups excluding carboxylic acids is 2. The van der Waals surface area contributed by atoms with Crippen LogP contribution < -0.4 is 5.32 Å². The topological polar surface area (TPSA) is 46.2 Å². The molecule has 1 aliphatic heterocycles. The summed E-state index contributed by atoms with van der Waals surface area (Å²) in [6.07, 6.45) is 8.56. The Labute approximate surface area is 94.3 Å². The zero-order chi connectivity index (χ0) is 10.9. The van der Waals surface area contributed by atoms with Crippen molar-refractivity contribution in [3.63, 3.8) is 0 Å². The number of fused-ring (bicyclic) bond motifs is 1. The molecule has 5 atom stereocenters. The van der Waals surface area contributed by atoms with E-state index in [-0.39, 0.29) is 35.0 Å². The van der Waals surface area contributed by atoms with Gasteiger partial charge >= 0.3 is 0 Å². The Balaban J connectivity index is 1.94. The molecule has 1 spiro atoms. The Morgan fingerprint density at radius 1 is 1.19 bits per heavy atom. The second-order valence-corrected chi connectivity index (χ2v) is 5.68. The highest BCUT2D eigenvalue weighted by molar-refractivity contribution is 6.07. The fourth-order valence-electron chi connectivity index (χ4n) is 4.69. The molecule has 4 aliphatic carbocycles. The molecule has 0 aromatic heterocycles. The van der Waals surface area contributed by atoms with Gasteiger partial charge in [0, 0.05) is 11.8 Å². The van der Waals surface area contributed by atoms with E-state index < -0.39 is 0 Å². The lowest BCUT2D eigenvalue weighted by Crippen LogP contribution is -2.61. The molecule has 5 unspecified atom stereocenters. The molecule has 3 heteroatoms. The van der Waals surface area contributed by atoms with Crippen molar-refractivity contribution in [2.24, 2.45) is 23.7 Å². The lowest BCUT2D eigenvalue weighted by Gasteiger charge is -2.53. The lowest BCUT2D eigenvalue weighted by atomic mass is 9.50. The first kappa shape index (κ1) is 8.97. The van der Waals surface area contributed by atoms with E-state index in [2.05, 4.69) is 17.5 Å². The molecule has 1 heterocycles. The average Bonchev–Trinajstić information content (AvgIpc) is 2.54. The molecule has 0 aromatic carbocycles. The van der Waals surface area contributed by atoms with Crippen molar-refractivity contribution in [2.75, 3.05) is 0 Å². The Morgan fingerprint density at radius 3 is 2.94 bits per heavy atom. The first-order chi connectivity index (χ1) is 7.74. The summed E-state index contributed by atoms with van der Waals surface area (Å²) in [5, 5.41) is 3.15. The van der Waals surface area contributed by atoms with Gasteiger partial charge in [-0.15, -0.1) is 0 Å². The summed E-state index contributed by atoms with van der Waals surface area (Å²) in [5.41, 5.74) is -0.142. The van der Waals surface area contributed by atoms with Gasteiger partial charge in [0.15, 0.2) is 0 Å². The van der Waals surface area contributed by atoms with E-state index in [0.717, 1.165) is 25.7 Å². The average molecular weight is 217 g/mol. The molecule has 1 amide bonds. The molecule has 3 nitrogen and oxygen atoms in total. The third-order valence-electron chi connectivity index (χ3n) is 5.24. The van der Waals surface area contributed by atoms with Gasteiger partial charge in [-0.1, -0.05) is 12.2 Å². The highest BCUT2D eigenvalue weighted by atomic mass is 16.2. The summed E-state index contributed by atoms with van der Waals surface area (Å²) >= 11 is 0. The van der Waals surface area contributed by atoms with E-state index in [0.29, 0.717) is 5.92 Å². The number of Topliss-reactive ketones (excluding diaryl/α,β-unsaturated/α-hetero) is 1. The third kappa shape index (κ3) is 0.761. The maximum absolute atomic E-state index is 12.2. The van der Waals surface area contributed by atoms with Gasteiger partial charge in [-0.3, -0.25) is 9.59 Å². The van der Waals surface area contributed by atoms with Gasteiger partial charge in [-0.05, 0) is 31.6 Å². The first-order valence-corrected chi connectivity index (χ1v) is 6.27. The number of amides is 1. The zero-order valence-electron chi connectivity index (χ0n) is 9.11. The number of rotatable bonds is 0. The number of ketones is 1. The molecule has 0 radical (unpaired) electrons. The summed E-state index contributed by atoms with van der Waals surface area (Å²) in [5.74, 6) is 0.693. The smallest absolute Gasteiger partial charge is 0.231 e. The molecule has 0 aromatic rings. The van der Waals surface area contributed by atoms with Gasteiger partial charge in [0.05, 0.1) is 5.54 Å². The van der Waals surface area contributed by atoms with Crippen molar-refractivity contribution in [2.45, 2.75) is 31.2 Å². The van der Waals surface area contributed by atoms with Crippen LogP contribution in [0.2, 0.25) is 0 Å². The van der Waals surface area contributed by atoms with Gasteiger partial charge in [0.25, 0.3) is 0 Å². The summed E-state index contributed by atoms with van der Waals surface area (Å²) < 4.78 is 0. The van der Waals surface area contributed by atoms with Crippen LogP contribution in [0.3, 0.4) is 0 Å². The summed E-state index contributed by atoms with van der Waals surface area (Å²) in [4.78, 5) is 24.2. The molecule has 3 saturated carbocycles. The predicted octanol–water partition coefficient (Wildman–Crippen LogP) is 1.05. The minimum absolute atomic E-state index is 0.00579. The van der Waals surface area contributed by atoms with Crippen LogP contribution in [0.25, 0.3) is 0 Å². The standard InChI is InChI=1S/C13H15NO2/c15-11-7-4-5-9-10(11)12(16)14-13(9)6-2-1-3-8(7)13/h2,6-10H,1,3-5H2,(H,14,16). The Kier molecular flexibility index (Phi) is 1.45. The van der Waals surface area contributed by atoms with Crippen LogP contribution in [0.4, 0.5) is 0 Å². The fraction of sp³-hybridized carbons (Fsp3) is 0.692. The van der Waals surface area contributed by atoms with E-state index in [1.54, 1.807) is 0 Å². The maximum atomic E-state index is 12.2. The van der Waals surface area contributed by atoms with Gasteiger partial charge in [0.2, 0.25) is 5.91 Å². The van der Waals surface area contributed by atoms with E-state index in [9.17, 15) is 9.59 Å². The van der Waals surface area contributed by atoms with E-state index in [4.69, 9.17) is 0 Å². The quantitative estimate of drug-likeness (QED) is 0.487. The predicted molar refractivity (Wildman–Crippen MR) is 57.4 cm³/mol. The van der Waals surface area contributed by atoms with Crippen LogP contribution in [0.15, 0.2) is 12.2 Å². The molecule has 1 saturated heterocycles. The second kappa shape index (κ2) is 2.58. The van der Waals surface area contributed by atoms with Gasteiger partial charge in [0.1, 0.15) is 11.7 Å². The summed E-state index contributed by atoms with van der Waals surface area (Å²) in [6.45, 7) is 0. The first-order valence-electron chi connectivity index (χ1n) is 6.27. The summed E-state index contributed by atoms with van der Waals surface area (Å²) in [7, 11) is 0. The molecule has 5 rings (SSSR count). The Bertz CT molecular complexity index is 428. The van der Waals surface area contributed by atoms with Crippen molar-refractivity contribution in [3.8, 4) is 0 Å². The van der Waals surface area contributed by atoms with Crippen molar-refractivity contribution < 1.29 is 9.59 Å². The van der Waals surface area contributed by atoms with Crippen molar-refractivity contribution in [1.29, 1.82) is 0 Å². The monoisotopic (exact) mass is 217 g/mol. The molecule has 5 aliphatic rings. The minimum Gasteiger partial charge on any atom is -0.346 e. The molecule has 1 N–H and O–H groups in total. The van der Waals surface area contributed by atoms with Gasteiger partial charge in [-0.25, -0.2) is 0 Å².